The van der Waals surface area contributed by atoms with Gasteiger partial charge in [-0.05, 0) is 71.7 Å². The molecule has 0 spiro atoms. The number of benzene rings is 9. The van der Waals surface area contributed by atoms with E-state index in [4.69, 9.17) is 16.4 Å². The Morgan fingerprint density at radius 1 is 0.259 bits per heavy atom. The molecule has 3 heteroatoms. The summed E-state index contributed by atoms with van der Waals surface area (Å²) in [5, 5.41) is -2.84. The maximum Gasteiger partial charge on any atom is 0.164 e. The van der Waals surface area contributed by atoms with Crippen LogP contribution in [0.5, 0.6) is 0 Å². The topological polar surface area (TPSA) is 38.7 Å². The van der Waals surface area contributed by atoms with Gasteiger partial charge in [0.1, 0.15) is 0 Å². The molecule has 9 aromatic carbocycles. The van der Waals surface area contributed by atoms with Gasteiger partial charge in [-0.25, -0.2) is 15.0 Å². The Morgan fingerprint density at radius 3 is 0.963 bits per heavy atom. The van der Waals surface area contributed by atoms with E-state index < -0.39 is 205 Å². The number of rotatable bonds is 6. The van der Waals surface area contributed by atoms with E-state index in [1.807, 2.05) is 0 Å². The first kappa shape index (κ1) is 15.8. The van der Waals surface area contributed by atoms with Gasteiger partial charge in [-0.1, -0.05) is 194 Å². The van der Waals surface area contributed by atoms with Gasteiger partial charge in [0.15, 0.2) is 17.5 Å². The molecular weight excluding hydrogens is 655 g/mol. The zero-order chi connectivity index (χ0) is 55.9. The molecule has 0 aliphatic carbocycles. The van der Waals surface area contributed by atoms with Crippen molar-refractivity contribution in [2.45, 2.75) is 0 Å². The molecule has 3 nitrogen and oxygen atoms in total. The van der Waals surface area contributed by atoms with E-state index in [0.29, 0.717) is 11.1 Å². The van der Waals surface area contributed by atoms with E-state index in [-0.39, 0.29) is 23.0 Å². The van der Waals surface area contributed by atoms with E-state index in [1.165, 1.54) is 0 Å². The Hall–Kier alpha value is -7.23. The Kier molecular flexibility index (Phi) is 3.92. The maximum atomic E-state index is 9.57. The summed E-state index contributed by atoms with van der Waals surface area (Å²) >= 11 is 0. The van der Waals surface area contributed by atoms with Crippen LogP contribution in [0, 0.1) is 0 Å². The second kappa shape index (κ2) is 13.4. The van der Waals surface area contributed by atoms with Crippen LogP contribution in [0.25, 0.3) is 99.9 Å². The quantitative estimate of drug-likeness (QED) is 0.161. The predicted octanol–water partition coefficient (Wildman–Crippen LogP) is 13.3. The van der Waals surface area contributed by atoms with Crippen molar-refractivity contribution in [2.24, 2.45) is 0 Å². The molecule has 54 heavy (non-hydrogen) atoms. The van der Waals surface area contributed by atoms with Crippen molar-refractivity contribution in [1.29, 1.82) is 0 Å². The monoisotopic (exact) mass is 710 g/mol. The predicted molar refractivity (Wildman–Crippen MR) is 225 cm³/mol. The van der Waals surface area contributed by atoms with Crippen LogP contribution in [0.4, 0.5) is 0 Å². The summed E-state index contributed by atoms with van der Waals surface area (Å²) < 4.78 is 208. The van der Waals surface area contributed by atoms with E-state index in [0.717, 1.165) is 0 Å². The Bertz CT molecular complexity index is 4120. The van der Waals surface area contributed by atoms with Gasteiger partial charge in [-0.15, -0.1) is 0 Å². The third-order valence-corrected chi connectivity index (χ3v) is 8.49. The minimum absolute atomic E-state index is 0.146. The number of aromatic nitrogens is 3. The van der Waals surface area contributed by atoms with E-state index >= 15 is 0 Å². The lowest BCUT2D eigenvalue weighted by Crippen LogP contribution is -2.00. The Labute approximate surface area is 346 Å². The Morgan fingerprint density at radius 2 is 0.556 bits per heavy atom. The number of fused-ring (bicyclic) bond motifs is 6. The lowest BCUT2D eigenvalue weighted by molar-refractivity contribution is 1.07. The zero-order valence-electron chi connectivity index (χ0n) is 50.6. The van der Waals surface area contributed by atoms with Crippen molar-refractivity contribution in [3.63, 3.8) is 0 Å². The molecule has 0 radical (unpaired) electrons. The van der Waals surface area contributed by atoms with Crippen LogP contribution in [0.2, 0.25) is 0 Å². The van der Waals surface area contributed by atoms with E-state index in [2.05, 4.69) is 15.0 Å². The SMILES string of the molecule is [2H]c1c([2H])c(-c2c([2H])c([2H])c(-c3c([2H])c([2H])c(-c4c([2H])c([2H])c5c6c([2H])c([2H])c([2H])c([2H])c6c6c([2H])c([2H])c([2H])c([2H])c6c5c4[2H])c([2H])c3[2H])c([2H])c2[2H])c([2H])c([2H])c1-c1nc(-c2ccccc2)nc(-c2ccccc2)n1. The zero-order valence-corrected chi connectivity index (χ0v) is 27.6. The summed E-state index contributed by atoms with van der Waals surface area (Å²) in [5.41, 5.74) is -3.77. The van der Waals surface area contributed by atoms with Crippen LogP contribution >= 0.6 is 0 Å². The summed E-state index contributed by atoms with van der Waals surface area (Å²) in [6.45, 7) is 0. The molecule has 10 rings (SSSR count). The molecule has 0 unspecified atom stereocenters. The third kappa shape index (κ3) is 5.78. The average molecular weight is 711 g/mol. The fourth-order valence-corrected chi connectivity index (χ4v) is 5.88. The maximum absolute atomic E-state index is 9.57. The van der Waals surface area contributed by atoms with Gasteiger partial charge in [0.05, 0.1) is 31.5 Å². The fourth-order valence-electron chi connectivity index (χ4n) is 5.88. The van der Waals surface area contributed by atoms with Gasteiger partial charge >= 0.3 is 0 Å². The van der Waals surface area contributed by atoms with Crippen molar-refractivity contribution in [2.75, 3.05) is 0 Å². The summed E-state index contributed by atoms with van der Waals surface area (Å²) in [6.07, 6.45) is 0. The molecule has 0 amide bonds. The lowest BCUT2D eigenvalue weighted by Gasteiger charge is -2.12. The second-order valence-corrected chi connectivity index (χ2v) is 11.8. The molecule has 1 aromatic heterocycles. The van der Waals surface area contributed by atoms with Crippen molar-refractivity contribution in [1.82, 2.24) is 15.0 Å². The van der Waals surface area contributed by atoms with Crippen molar-refractivity contribution in [3.05, 3.63) is 200 Å². The molecule has 0 saturated heterocycles. The summed E-state index contributed by atoms with van der Waals surface area (Å²) in [6, 6.07) is -2.41. The van der Waals surface area contributed by atoms with Gasteiger partial charge in [0.25, 0.3) is 0 Å². The summed E-state index contributed by atoms with van der Waals surface area (Å²) in [7, 11) is 0. The molecule has 1 heterocycles. The molecule has 0 N–H and O–H groups in total. The van der Waals surface area contributed by atoms with Crippen LogP contribution in [0.15, 0.2) is 200 Å². The smallest absolute Gasteiger partial charge is 0.164 e. The first-order valence-corrected chi connectivity index (χ1v) is 16.4. The molecule has 0 saturated carbocycles. The Balaban J connectivity index is 1.18. The van der Waals surface area contributed by atoms with Crippen LogP contribution in [0.3, 0.4) is 0 Å². The fraction of sp³-hybridized carbons (Fsp3) is 0. The van der Waals surface area contributed by atoms with Crippen molar-refractivity contribution < 1.29 is 31.5 Å². The highest BCUT2D eigenvalue weighted by atomic mass is 15.0. The van der Waals surface area contributed by atoms with Gasteiger partial charge in [-0.2, -0.15) is 0 Å². The molecule has 0 bridgehead atoms. The molecule has 0 aliphatic rings. The van der Waals surface area contributed by atoms with E-state index in [1.54, 1.807) is 60.7 Å². The second-order valence-electron chi connectivity index (χ2n) is 11.8. The van der Waals surface area contributed by atoms with Gasteiger partial charge in [-0.3, -0.25) is 0 Å². The molecule has 0 aliphatic heterocycles. The lowest BCUT2D eigenvalue weighted by atomic mass is 9.91. The highest BCUT2D eigenvalue weighted by Crippen LogP contribution is 2.37. The number of hydrogen-bond acceptors (Lipinski definition) is 3. The molecule has 10 aromatic rings. The standard InChI is InChI=1S/C51H33N3/c1-3-11-39(12-4-1)49-52-50(40-13-5-2-6-14-40)54-51(53-49)41-29-27-37(28-30-41)35-21-19-34(20-22-35)36-23-25-38(26-24-36)42-31-32-47-45-17-8-7-15-43(45)44-16-9-10-18-46(44)48(47)33-42/h1-33H/i7D,8D,9D,10D,15D,16D,17D,18D,19D,20D,21D,22D,23D,24D,25D,26D,27D,28D,29D,30D,31D,32D,33D. The summed E-state index contributed by atoms with van der Waals surface area (Å²) in [4.78, 5) is 13.7. The van der Waals surface area contributed by atoms with Crippen LogP contribution in [-0.4, -0.2) is 15.0 Å². The van der Waals surface area contributed by atoms with Crippen LogP contribution < -0.4 is 0 Å². The minimum atomic E-state index is -1.02. The highest BCUT2D eigenvalue weighted by molar-refractivity contribution is 6.25. The van der Waals surface area contributed by atoms with Crippen LogP contribution in [0.1, 0.15) is 31.5 Å². The molecule has 252 valence electrons. The summed E-state index contributed by atoms with van der Waals surface area (Å²) in [5.74, 6) is 0.0482. The largest absolute Gasteiger partial charge is 0.208 e. The van der Waals surface area contributed by atoms with Gasteiger partial charge < -0.3 is 0 Å². The van der Waals surface area contributed by atoms with Crippen molar-refractivity contribution in [3.8, 4) is 67.5 Å². The normalized spacial score (nSPS) is 17.3. The molecule has 0 atom stereocenters. The number of hydrogen-bond donors (Lipinski definition) is 0. The van der Waals surface area contributed by atoms with E-state index in [9.17, 15) is 15.1 Å². The van der Waals surface area contributed by atoms with Gasteiger partial charge in [0.2, 0.25) is 0 Å². The molecular formula is C51H33N3. The first-order chi connectivity index (χ1) is 36.4. The van der Waals surface area contributed by atoms with Crippen LogP contribution in [-0.2, 0) is 0 Å². The molecule has 0 fully saturated rings. The minimum Gasteiger partial charge on any atom is -0.208 e. The first-order valence-electron chi connectivity index (χ1n) is 27.9. The third-order valence-electron chi connectivity index (χ3n) is 8.49. The van der Waals surface area contributed by atoms with Crippen molar-refractivity contribution >= 4 is 32.3 Å². The van der Waals surface area contributed by atoms with Gasteiger partial charge in [0, 0.05) is 16.7 Å². The number of nitrogens with zero attached hydrogens (tertiary/aromatic N) is 3. The highest BCUT2D eigenvalue weighted by Gasteiger charge is 2.13. The average Bonchev–Trinajstić information content (AvgIpc) is 3.52.